The maximum Gasteiger partial charge on any atom is 0.317 e. The van der Waals surface area contributed by atoms with Gasteiger partial charge in [0, 0.05) is 13.1 Å². The molecule has 0 aliphatic carbocycles. The number of fused-ring (bicyclic) bond motifs is 1. The van der Waals surface area contributed by atoms with Crippen LogP contribution in [-0.4, -0.2) is 43.3 Å². The molecule has 0 radical (unpaired) electrons. The van der Waals surface area contributed by atoms with Crippen molar-refractivity contribution in [1.82, 2.24) is 4.90 Å². The van der Waals surface area contributed by atoms with E-state index >= 15 is 0 Å². The first-order valence-electron chi connectivity index (χ1n) is 5.82. The number of hydrogen-bond acceptors (Lipinski definition) is 4. The lowest BCUT2D eigenvalue weighted by Crippen LogP contribution is -2.34. The fourth-order valence-electron chi connectivity index (χ4n) is 2.27. The second-order valence-corrected chi connectivity index (χ2v) is 4.33. The van der Waals surface area contributed by atoms with E-state index in [0.29, 0.717) is 12.3 Å². The summed E-state index contributed by atoms with van der Waals surface area (Å²) in [6, 6.07) is 3.91. The number of methoxy groups -OCH3 is 2. The summed E-state index contributed by atoms with van der Waals surface area (Å²) in [5.74, 6) is 0.621. The molecule has 1 aliphatic heterocycles. The van der Waals surface area contributed by atoms with Crippen LogP contribution in [-0.2, 0) is 17.8 Å². The minimum atomic E-state index is -0.793. The average molecular weight is 288 g/mol. The second kappa shape index (κ2) is 6.63. The van der Waals surface area contributed by atoms with E-state index in [2.05, 4.69) is 0 Å². The minimum Gasteiger partial charge on any atom is -0.493 e. The highest BCUT2D eigenvalue weighted by Gasteiger charge is 2.20. The Morgan fingerprint density at radius 2 is 1.84 bits per heavy atom. The summed E-state index contributed by atoms with van der Waals surface area (Å²) in [6.45, 7) is 1.48. The van der Waals surface area contributed by atoms with Crippen molar-refractivity contribution in [2.75, 3.05) is 27.3 Å². The number of halogens is 1. The van der Waals surface area contributed by atoms with Crippen LogP contribution in [0.2, 0.25) is 0 Å². The van der Waals surface area contributed by atoms with Crippen molar-refractivity contribution >= 4 is 18.4 Å². The standard InChI is InChI=1S/C13H17NO4.ClH/c1-17-11-5-9-3-4-14(8-13(15)16)7-10(9)6-12(11)18-2;/h5-6H,3-4,7-8H2,1-2H3,(H,15,16);1H. The molecule has 6 heteroatoms. The highest BCUT2D eigenvalue weighted by atomic mass is 35.5. The molecule has 0 aromatic heterocycles. The normalized spacial score (nSPS) is 14.2. The molecule has 5 nitrogen and oxygen atoms in total. The third-order valence-corrected chi connectivity index (χ3v) is 3.16. The number of aliphatic carboxylic acids is 1. The SMILES string of the molecule is COc1cc2c(cc1OC)CN(CC(=O)O)CC2.Cl. The Morgan fingerprint density at radius 1 is 1.26 bits per heavy atom. The number of hydrogen-bond donors (Lipinski definition) is 1. The van der Waals surface area contributed by atoms with Crippen LogP contribution in [0.15, 0.2) is 12.1 Å². The van der Waals surface area contributed by atoms with Crippen LogP contribution in [0.5, 0.6) is 11.5 Å². The van der Waals surface area contributed by atoms with Gasteiger partial charge in [-0.15, -0.1) is 12.4 Å². The summed E-state index contributed by atoms with van der Waals surface area (Å²) in [6.07, 6.45) is 0.836. The first-order chi connectivity index (χ1) is 8.63. The van der Waals surface area contributed by atoms with Crippen LogP contribution in [0.4, 0.5) is 0 Å². The van der Waals surface area contributed by atoms with E-state index in [4.69, 9.17) is 14.6 Å². The number of ether oxygens (including phenoxy) is 2. The maximum absolute atomic E-state index is 10.7. The molecule has 0 saturated carbocycles. The van der Waals surface area contributed by atoms with E-state index in [1.165, 1.54) is 5.56 Å². The van der Waals surface area contributed by atoms with Crippen molar-refractivity contribution < 1.29 is 19.4 Å². The molecule has 1 aliphatic rings. The monoisotopic (exact) mass is 287 g/mol. The average Bonchev–Trinajstić information content (AvgIpc) is 2.36. The third kappa shape index (κ3) is 3.52. The first-order valence-corrected chi connectivity index (χ1v) is 5.82. The molecule has 2 rings (SSSR count). The summed E-state index contributed by atoms with van der Waals surface area (Å²) in [5, 5.41) is 8.81. The van der Waals surface area contributed by atoms with Crippen molar-refractivity contribution in [3.05, 3.63) is 23.3 Å². The van der Waals surface area contributed by atoms with Gasteiger partial charge in [-0.2, -0.15) is 0 Å². The van der Waals surface area contributed by atoms with Crippen LogP contribution in [0.25, 0.3) is 0 Å². The zero-order valence-corrected chi connectivity index (χ0v) is 11.8. The van der Waals surface area contributed by atoms with Crippen LogP contribution in [0, 0.1) is 0 Å². The molecule has 0 saturated heterocycles. The van der Waals surface area contributed by atoms with Gasteiger partial charge in [0.2, 0.25) is 0 Å². The number of nitrogens with zero attached hydrogens (tertiary/aromatic N) is 1. The van der Waals surface area contributed by atoms with Crippen molar-refractivity contribution in [2.45, 2.75) is 13.0 Å². The molecule has 1 N–H and O–H groups in total. The van der Waals surface area contributed by atoms with Crippen molar-refractivity contribution in [3.63, 3.8) is 0 Å². The van der Waals surface area contributed by atoms with Crippen LogP contribution in [0.3, 0.4) is 0 Å². The fraction of sp³-hybridized carbons (Fsp3) is 0.462. The Bertz CT molecular complexity index is 464. The predicted molar refractivity (Wildman–Crippen MR) is 73.4 cm³/mol. The molecular weight excluding hydrogens is 270 g/mol. The lowest BCUT2D eigenvalue weighted by atomic mass is 9.99. The van der Waals surface area contributed by atoms with Crippen LogP contribution >= 0.6 is 12.4 Å². The maximum atomic E-state index is 10.7. The molecule has 0 fully saturated rings. The number of carboxylic acids is 1. The Kier molecular flexibility index (Phi) is 5.44. The van der Waals surface area contributed by atoms with Gasteiger partial charge in [-0.3, -0.25) is 9.69 Å². The molecule has 1 aromatic rings. The summed E-state index contributed by atoms with van der Waals surface area (Å²) in [7, 11) is 3.21. The Labute approximate surface area is 118 Å². The largest absolute Gasteiger partial charge is 0.493 e. The molecule has 0 bridgehead atoms. The minimum absolute atomic E-state index is 0. The molecule has 106 valence electrons. The van der Waals surface area contributed by atoms with Gasteiger partial charge in [-0.25, -0.2) is 0 Å². The molecule has 1 heterocycles. The molecule has 0 atom stereocenters. The number of carboxylic acid groups (broad SMARTS) is 1. The zero-order chi connectivity index (χ0) is 13.1. The van der Waals surface area contributed by atoms with E-state index in [9.17, 15) is 4.79 Å². The van der Waals surface area contributed by atoms with Gasteiger partial charge in [0.1, 0.15) is 0 Å². The van der Waals surface area contributed by atoms with E-state index in [0.717, 1.165) is 24.3 Å². The highest BCUT2D eigenvalue weighted by molar-refractivity contribution is 5.85. The van der Waals surface area contributed by atoms with E-state index in [1.54, 1.807) is 14.2 Å². The zero-order valence-electron chi connectivity index (χ0n) is 11.0. The second-order valence-electron chi connectivity index (χ2n) is 4.33. The molecule has 0 spiro atoms. The molecule has 19 heavy (non-hydrogen) atoms. The van der Waals surface area contributed by atoms with Gasteiger partial charge in [0.15, 0.2) is 11.5 Å². The van der Waals surface area contributed by atoms with Gasteiger partial charge in [0.25, 0.3) is 0 Å². The van der Waals surface area contributed by atoms with Crippen molar-refractivity contribution in [2.24, 2.45) is 0 Å². The number of rotatable bonds is 4. The molecule has 0 unspecified atom stereocenters. The van der Waals surface area contributed by atoms with Crippen molar-refractivity contribution in [1.29, 1.82) is 0 Å². The number of benzene rings is 1. The summed E-state index contributed by atoms with van der Waals surface area (Å²) < 4.78 is 10.5. The smallest absolute Gasteiger partial charge is 0.317 e. The quantitative estimate of drug-likeness (QED) is 0.911. The summed E-state index contributed by atoms with van der Waals surface area (Å²) in [4.78, 5) is 12.6. The van der Waals surface area contributed by atoms with Crippen LogP contribution in [0.1, 0.15) is 11.1 Å². The summed E-state index contributed by atoms with van der Waals surface area (Å²) in [5.41, 5.74) is 2.31. The van der Waals surface area contributed by atoms with E-state index in [1.807, 2.05) is 17.0 Å². The first kappa shape index (κ1) is 15.6. The van der Waals surface area contributed by atoms with Gasteiger partial charge in [-0.05, 0) is 29.7 Å². The third-order valence-electron chi connectivity index (χ3n) is 3.16. The lowest BCUT2D eigenvalue weighted by molar-refractivity contribution is -0.138. The highest BCUT2D eigenvalue weighted by Crippen LogP contribution is 2.33. The number of carbonyl (C=O) groups is 1. The lowest BCUT2D eigenvalue weighted by Gasteiger charge is -2.28. The van der Waals surface area contributed by atoms with Gasteiger partial charge < -0.3 is 14.6 Å². The van der Waals surface area contributed by atoms with Crippen molar-refractivity contribution in [3.8, 4) is 11.5 Å². The topological polar surface area (TPSA) is 59.0 Å². The molecular formula is C13H18ClNO4. The Hall–Kier alpha value is -1.46. The molecule has 0 amide bonds. The van der Waals surface area contributed by atoms with Crippen LogP contribution < -0.4 is 9.47 Å². The van der Waals surface area contributed by atoms with Gasteiger partial charge >= 0.3 is 5.97 Å². The van der Waals surface area contributed by atoms with E-state index in [-0.39, 0.29) is 19.0 Å². The summed E-state index contributed by atoms with van der Waals surface area (Å²) >= 11 is 0. The van der Waals surface area contributed by atoms with Gasteiger partial charge in [0.05, 0.1) is 20.8 Å². The Morgan fingerprint density at radius 3 is 2.37 bits per heavy atom. The predicted octanol–water partition coefficient (Wildman–Crippen LogP) is 1.57. The Balaban J connectivity index is 0.00000180. The van der Waals surface area contributed by atoms with E-state index < -0.39 is 5.97 Å². The molecule has 1 aromatic carbocycles. The van der Waals surface area contributed by atoms with Gasteiger partial charge in [-0.1, -0.05) is 0 Å². The fourth-order valence-corrected chi connectivity index (χ4v) is 2.27.